The smallest absolute Gasteiger partial charge is 0.233 e. The van der Waals surface area contributed by atoms with E-state index in [1.54, 1.807) is 0 Å². The molecule has 0 spiro atoms. The minimum absolute atomic E-state index is 0.00325. The van der Waals surface area contributed by atoms with Crippen LogP contribution < -0.4 is 11.1 Å². The number of rotatable bonds is 5. The van der Waals surface area contributed by atoms with Crippen molar-refractivity contribution in [3.8, 4) is 0 Å². The molecule has 1 aliphatic carbocycles. The van der Waals surface area contributed by atoms with Crippen LogP contribution in [0.3, 0.4) is 0 Å². The Bertz CT molecular complexity index is 495. The topological polar surface area (TPSA) is 87.7 Å². The summed E-state index contributed by atoms with van der Waals surface area (Å²) in [4.78, 5) is 12.0. The lowest BCUT2D eigenvalue weighted by Crippen LogP contribution is -2.41. The van der Waals surface area contributed by atoms with Crippen LogP contribution in [0.15, 0.2) is 29.4 Å². The van der Waals surface area contributed by atoms with Gasteiger partial charge in [-0.05, 0) is 37.0 Å². The van der Waals surface area contributed by atoms with E-state index in [0.717, 1.165) is 12.0 Å². The number of amides is 1. The van der Waals surface area contributed by atoms with Gasteiger partial charge in [0.1, 0.15) is 5.41 Å². The Labute approximate surface area is 116 Å². The van der Waals surface area contributed by atoms with Crippen LogP contribution in [-0.4, -0.2) is 23.5 Å². The number of carbonyl (C=O) groups is 1. The predicted octanol–water partition coefficient (Wildman–Crippen LogP) is 1.53. The highest BCUT2D eigenvalue weighted by Gasteiger charge is 2.54. The Balaban J connectivity index is 1.83. The second-order valence-corrected chi connectivity index (χ2v) is 5.14. The second-order valence-electron chi connectivity index (χ2n) is 4.70. The van der Waals surface area contributed by atoms with Crippen LogP contribution in [-0.2, 0) is 11.2 Å². The Morgan fingerprint density at radius 1 is 1.42 bits per heavy atom. The van der Waals surface area contributed by atoms with Crippen LogP contribution in [0.2, 0.25) is 5.02 Å². The van der Waals surface area contributed by atoms with Crippen LogP contribution in [0.1, 0.15) is 18.4 Å². The first-order chi connectivity index (χ1) is 9.08. The van der Waals surface area contributed by atoms with Crippen molar-refractivity contribution in [2.24, 2.45) is 16.3 Å². The monoisotopic (exact) mass is 281 g/mol. The van der Waals surface area contributed by atoms with Gasteiger partial charge in [0, 0.05) is 11.6 Å². The summed E-state index contributed by atoms with van der Waals surface area (Å²) in [6, 6.07) is 7.48. The molecule has 1 saturated carbocycles. The molecule has 19 heavy (non-hydrogen) atoms. The van der Waals surface area contributed by atoms with Gasteiger partial charge < -0.3 is 16.3 Å². The van der Waals surface area contributed by atoms with Gasteiger partial charge >= 0.3 is 0 Å². The summed E-state index contributed by atoms with van der Waals surface area (Å²) in [7, 11) is 0. The van der Waals surface area contributed by atoms with Crippen LogP contribution in [0, 0.1) is 5.41 Å². The molecule has 5 nitrogen and oxygen atoms in total. The van der Waals surface area contributed by atoms with Crippen molar-refractivity contribution in [1.29, 1.82) is 0 Å². The van der Waals surface area contributed by atoms with E-state index < -0.39 is 5.41 Å². The van der Waals surface area contributed by atoms with Crippen LogP contribution >= 0.6 is 11.6 Å². The molecule has 1 fully saturated rings. The van der Waals surface area contributed by atoms with E-state index >= 15 is 0 Å². The van der Waals surface area contributed by atoms with E-state index in [2.05, 4.69) is 10.5 Å². The lowest BCUT2D eigenvalue weighted by molar-refractivity contribution is -0.124. The van der Waals surface area contributed by atoms with Gasteiger partial charge in [-0.15, -0.1) is 0 Å². The summed E-state index contributed by atoms with van der Waals surface area (Å²) in [5.74, 6) is -0.173. The van der Waals surface area contributed by atoms with Gasteiger partial charge in [-0.1, -0.05) is 28.9 Å². The number of hydrogen-bond donors (Lipinski definition) is 3. The van der Waals surface area contributed by atoms with E-state index in [9.17, 15) is 4.79 Å². The van der Waals surface area contributed by atoms with Gasteiger partial charge in [0.15, 0.2) is 5.84 Å². The molecule has 1 aromatic carbocycles. The van der Waals surface area contributed by atoms with Gasteiger partial charge in [0.05, 0.1) is 0 Å². The molecule has 6 heteroatoms. The quantitative estimate of drug-likeness (QED) is 0.331. The van der Waals surface area contributed by atoms with Crippen LogP contribution in [0.5, 0.6) is 0 Å². The number of amidine groups is 1. The van der Waals surface area contributed by atoms with Crippen molar-refractivity contribution in [2.75, 3.05) is 6.54 Å². The summed E-state index contributed by atoms with van der Waals surface area (Å²) < 4.78 is 0. The Hall–Kier alpha value is -1.75. The first-order valence-electron chi connectivity index (χ1n) is 6.09. The molecule has 4 N–H and O–H groups in total. The molecule has 102 valence electrons. The summed E-state index contributed by atoms with van der Waals surface area (Å²) >= 11 is 5.79. The molecule has 1 aromatic rings. The number of nitrogens with zero attached hydrogens (tertiary/aromatic N) is 1. The summed E-state index contributed by atoms with van der Waals surface area (Å²) in [5, 5.41) is 15.1. The first kappa shape index (κ1) is 13.7. The maximum absolute atomic E-state index is 12.0. The molecule has 0 atom stereocenters. The van der Waals surface area contributed by atoms with E-state index in [1.165, 1.54) is 0 Å². The number of oxime groups is 1. The van der Waals surface area contributed by atoms with Crippen molar-refractivity contribution in [2.45, 2.75) is 19.3 Å². The highest BCUT2D eigenvalue weighted by atomic mass is 35.5. The Morgan fingerprint density at radius 2 is 2.05 bits per heavy atom. The molecule has 0 bridgehead atoms. The van der Waals surface area contributed by atoms with E-state index in [1.807, 2.05) is 24.3 Å². The average Bonchev–Trinajstić information content (AvgIpc) is 3.21. The van der Waals surface area contributed by atoms with Gasteiger partial charge in [0.2, 0.25) is 5.91 Å². The third-order valence-electron chi connectivity index (χ3n) is 3.40. The third-order valence-corrected chi connectivity index (χ3v) is 3.65. The van der Waals surface area contributed by atoms with E-state index in [4.69, 9.17) is 22.5 Å². The van der Waals surface area contributed by atoms with Gasteiger partial charge in [0.25, 0.3) is 0 Å². The molecule has 0 aliphatic heterocycles. The third kappa shape index (κ3) is 2.98. The molecule has 0 radical (unpaired) electrons. The molecule has 0 heterocycles. The first-order valence-corrected chi connectivity index (χ1v) is 6.47. The number of nitrogens with two attached hydrogens (primary N) is 1. The Morgan fingerprint density at radius 3 is 2.58 bits per heavy atom. The summed E-state index contributed by atoms with van der Waals surface area (Å²) in [6.45, 7) is 0.515. The van der Waals surface area contributed by atoms with Crippen LogP contribution in [0.25, 0.3) is 0 Å². The lowest BCUT2D eigenvalue weighted by Gasteiger charge is -2.13. The van der Waals surface area contributed by atoms with Crippen molar-refractivity contribution in [3.63, 3.8) is 0 Å². The SMILES string of the molecule is N/C(=N/O)C1(C(=O)NCCc2ccc(Cl)cc2)CC1. The van der Waals surface area contributed by atoms with Gasteiger partial charge in [-0.25, -0.2) is 0 Å². The van der Waals surface area contributed by atoms with Crippen LogP contribution in [0.4, 0.5) is 0 Å². The number of nitrogens with one attached hydrogen (secondary N) is 1. The summed E-state index contributed by atoms with van der Waals surface area (Å²) in [5.41, 5.74) is 5.85. The number of halogens is 1. The average molecular weight is 282 g/mol. The van der Waals surface area contributed by atoms with Crippen molar-refractivity contribution < 1.29 is 10.0 Å². The molecule has 1 aliphatic rings. The summed E-state index contributed by atoms with van der Waals surface area (Å²) in [6.07, 6.45) is 1.99. The zero-order valence-corrected chi connectivity index (χ0v) is 11.2. The second kappa shape index (κ2) is 5.48. The van der Waals surface area contributed by atoms with E-state index in [-0.39, 0.29) is 11.7 Å². The maximum Gasteiger partial charge on any atom is 0.233 e. The number of benzene rings is 1. The standard InChI is InChI=1S/C13H16ClN3O2/c14-10-3-1-9(2-4-10)5-8-16-12(18)13(6-7-13)11(15)17-19/h1-4,19H,5-8H2,(H2,15,17)(H,16,18). The predicted molar refractivity (Wildman–Crippen MR) is 73.2 cm³/mol. The molecular weight excluding hydrogens is 266 g/mol. The van der Waals surface area contributed by atoms with Crippen molar-refractivity contribution in [3.05, 3.63) is 34.9 Å². The molecule has 0 aromatic heterocycles. The zero-order valence-electron chi connectivity index (χ0n) is 10.4. The fourth-order valence-electron chi connectivity index (χ4n) is 1.96. The normalized spacial score (nSPS) is 17.0. The highest BCUT2D eigenvalue weighted by molar-refractivity contribution is 6.30. The molecule has 2 rings (SSSR count). The highest BCUT2D eigenvalue weighted by Crippen LogP contribution is 2.45. The minimum Gasteiger partial charge on any atom is -0.409 e. The lowest BCUT2D eigenvalue weighted by atomic mass is 10.1. The van der Waals surface area contributed by atoms with E-state index in [0.29, 0.717) is 24.4 Å². The van der Waals surface area contributed by atoms with Crippen molar-refractivity contribution >= 4 is 23.3 Å². The maximum atomic E-state index is 12.0. The van der Waals surface area contributed by atoms with Gasteiger partial charge in [-0.2, -0.15) is 0 Å². The zero-order chi connectivity index (χ0) is 13.9. The fraction of sp³-hybridized carbons (Fsp3) is 0.385. The number of hydrogen-bond acceptors (Lipinski definition) is 3. The molecular formula is C13H16ClN3O2. The van der Waals surface area contributed by atoms with Gasteiger partial charge in [-0.3, -0.25) is 4.79 Å². The molecule has 0 unspecified atom stereocenters. The number of carbonyl (C=O) groups excluding carboxylic acids is 1. The fourth-order valence-corrected chi connectivity index (χ4v) is 2.09. The largest absolute Gasteiger partial charge is 0.409 e. The minimum atomic E-state index is -0.783. The van der Waals surface area contributed by atoms with Crippen molar-refractivity contribution in [1.82, 2.24) is 5.32 Å². The molecule has 1 amide bonds. The Kier molecular flexibility index (Phi) is 3.95. The molecule has 0 saturated heterocycles.